The highest BCUT2D eigenvalue weighted by Gasteiger charge is 2.47. The molecule has 1 amide bonds. The summed E-state index contributed by atoms with van der Waals surface area (Å²) in [4.78, 5) is 25.0. The van der Waals surface area contributed by atoms with E-state index in [1.165, 1.54) is 18.4 Å². The number of likely N-dealkylation sites (tertiary alicyclic amines) is 1. The molecule has 33 heavy (non-hydrogen) atoms. The van der Waals surface area contributed by atoms with Gasteiger partial charge in [0.25, 0.3) is 0 Å². The minimum absolute atomic E-state index is 0.109. The van der Waals surface area contributed by atoms with E-state index >= 15 is 0 Å². The van der Waals surface area contributed by atoms with Gasteiger partial charge in [-0.3, -0.25) is 19.6 Å². The third kappa shape index (κ3) is 5.05. The Kier molecular flexibility index (Phi) is 7.18. The van der Waals surface area contributed by atoms with Crippen molar-refractivity contribution in [3.8, 4) is 0 Å². The Morgan fingerprint density at radius 2 is 1.82 bits per heavy atom. The van der Waals surface area contributed by atoms with E-state index in [0.717, 1.165) is 31.7 Å². The number of rotatable bonds is 5. The first-order valence-electron chi connectivity index (χ1n) is 11.8. The number of ether oxygens (including phenoxy) is 1. The molecule has 2 unspecified atom stereocenters. The summed E-state index contributed by atoms with van der Waals surface area (Å²) < 4.78 is 6.14. The maximum atomic E-state index is 13.6. The van der Waals surface area contributed by atoms with Gasteiger partial charge in [-0.1, -0.05) is 35.3 Å². The van der Waals surface area contributed by atoms with Gasteiger partial charge in [-0.25, -0.2) is 0 Å². The number of amides is 1. The lowest BCUT2D eigenvalue weighted by atomic mass is 9.90. The Labute approximate surface area is 205 Å². The van der Waals surface area contributed by atoms with Gasteiger partial charge in [0, 0.05) is 32.0 Å². The summed E-state index contributed by atoms with van der Waals surface area (Å²) in [5, 5.41) is 0.998. The van der Waals surface area contributed by atoms with Gasteiger partial charge in [0.15, 0.2) is 0 Å². The number of benzene rings is 1. The topological polar surface area (TPSA) is 48.9 Å². The molecule has 5 rings (SSSR count). The minimum Gasteiger partial charge on any atom is -0.378 e. The number of carbonyl (C=O) groups is 1. The number of pyridine rings is 1. The van der Waals surface area contributed by atoms with E-state index in [4.69, 9.17) is 27.9 Å². The van der Waals surface area contributed by atoms with Gasteiger partial charge in [-0.05, 0) is 55.3 Å². The fourth-order valence-electron chi connectivity index (χ4n) is 5.58. The first-order valence-corrected chi connectivity index (χ1v) is 12.5. The van der Waals surface area contributed by atoms with Crippen molar-refractivity contribution in [3.63, 3.8) is 0 Å². The molecule has 0 saturated carbocycles. The van der Waals surface area contributed by atoms with Crippen LogP contribution >= 0.6 is 23.2 Å². The molecule has 3 aliphatic heterocycles. The fraction of sp³-hybridized carbons (Fsp3) is 0.520. The second kappa shape index (κ2) is 10.3. The summed E-state index contributed by atoms with van der Waals surface area (Å²) in [6.07, 6.45) is 6.49. The van der Waals surface area contributed by atoms with Crippen LogP contribution in [0.15, 0.2) is 42.7 Å². The summed E-state index contributed by atoms with van der Waals surface area (Å²) >= 11 is 12.3. The average Bonchev–Trinajstić information content (AvgIpc) is 3.37. The van der Waals surface area contributed by atoms with Crippen molar-refractivity contribution in [1.82, 2.24) is 19.7 Å². The second-order valence-electron chi connectivity index (χ2n) is 9.25. The molecular weight excluding hydrogens is 459 g/mol. The van der Waals surface area contributed by atoms with Crippen molar-refractivity contribution in [2.24, 2.45) is 0 Å². The molecule has 0 spiro atoms. The Hall–Kier alpha value is -1.70. The largest absolute Gasteiger partial charge is 0.378 e. The molecule has 0 aliphatic carbocycles. The fourth-order valence-corrected chi connectivity index (χ4v) is 5.91. The summed E-state index contributed by atoms with van der Waals surface area (Å²) in [5.74, 6) is 0.149. The third-order valence-corrected chi connectivity index (χ3v) is 7.94. The van der Waals surface area contributed by atoms with Gasteiger partial charge >= 0.3 is 0 Å². The van der Waals surface area contributed by atoms with Crippen LogP contribution in [0.2, 0.25) is 10.0 Å². The van der Waals surface area contributed by atoms with Crippen molar-refractivity contribution in [2.45, 2.75) is 43.9 Å². The Bertz CT molecular complexity index is 970. The van der Waals surface area contributed by atoms with Crippen molar-refractivity contribution < 1.29 is 9.53 Å². The number of fused-ring (bicyclic) bond motifs is 1. The summed E-state index contributed by atoms with van der Waals surface area (Å²) in [6.45, 7) is 5.83. The number of hydrogen-bond acceptors (Lipinski definition) is 5. The van der Waals surface area contributed by atoms with Gasteiger partial charge in [0.1, 0.15) is 0 Å². The van der Waals surface area contributed by atoms with Crippen LogP contribution in [0, 0.1) is 0 Å². The smallest absolute Gasteiger partial charge is 0.227 e. The lowest BCUT2D eigenvalue weighted by molar-refractivity contribution is -0.153. The van der Waals surface area contributed by atoms with Crippen LogP contribution in [0.4, 0.5) is 0 Å². The molecule has 4 heterocycles. The second-order valence-corrected chi connectivity index (χ2v) is 10.1. The molecule has 8 heteroatoms. The van der Waals surface area contributed by atoms with Crippen molar-refractivity contribution in [3.05, 3.63) is 63.9 Å². The number of nitrogens with zero attached hydrogens (tertiary/aromatic N) is 4. The van der Waals surface area contributed by atoms with Gasteiger partial charge in [0.2, 0.25) is 5.91 Å². The molecule has 1 aromatic heterocycles. The minimum atomic E-state index is 0.109. The summed E-state index contributed by atoms with van der Waals surface area (Å²) in [5.41, 5.74) is 2.09. The van der Waals surface area contributed by atoms with Crippen molar-refractivity contribution in [2.75, 3.05) is 39.4 Å². The van der Waals surface area contributed by atoms with E-state index in [2.05, 4.69) is 25.8 Å². The normalized spacial score (nSPS) is 26.4. The van der Waals surface area contributed by atoms with E-state index < -0.39 is 0 Å². The first kappa shape index (κ1) is 23.1. The zero-order chi connectivity index (χ0) is 22.8. The van der Waals surface area contributed by atoms with Gasteiger partial charge in [-0.2, -0.15) is 0 Å². The molecule has 0 bridgehead atoms. The van der Waals surface area contributed by atoms with Gasteiger partial charge in [0.05, 0.1) is 47.8 Å². The molecule has 176 valence electrons. The molecule has 0 radical (unpaired) electrons. The highest BCUT2D eigenvalue weighted by atomic mass is 35.5. The number of aromatic nitrogens is 1. The van der Waals surface area contributed by atoms with Crippen LogP contribution in [-0.2, 0) is 22.5 Å². The highest BCUT2D eigenvalue weighted by molar-refractivity contribution is 6.42. The van der Waals surface area contributed by atoms with E-state index in [0.29, 0.717) is 36.2 Å². The monoisotopic (exact) mass is 488 g/mol. The van der Waals surface area contributed by atoms with Crippen LogP contribution in [0.3, 0.4) is 0 Å². The molecule has 2 aromatic rings. The number of halogens is 2. The van der Waals surface area contributed by atoms with Crippen LogP contribution < -0.4 is 0 Å². The zero-order valence-corrected chi connectivity index (χ0v) is 20.2. The van der Waals surface area contributed by atoms with Crippen LogP contribution in [0.1, 0.15) is 24.0 Å². The molecule has 3 aliphatic rings. The first-order chi connectivity index (χ1) is 16.1. The number of hydrogen-bond donors (Lipinski definition) is 0. The van der Waals surface area contributed by atoms with Crippen molar-refractivity contribution in [1.29, 1.82) is 0 Å². The molecule has 1 aromatic carbocycles. The average molecular weight is 489 g/mol. The van der Waals surface area contributed by atoms with Crippen LogP contribution in [0.5, 0.6) is 0 Å². The molecule has 6 nitrogen and oxygen atoms in total. The molecule has 3 fully saturated rings. The molecule has 0 N–H and O–H groups in total. The molecule has 3 atom stereocenters. The van der Waals surface area contributed by atoms with Crippen molar-refractivity contribution >= 4 is 29.1 Å². The third-order valence-electron chi connectivity index (χ3n) is 7.20. The number of carbonyl (C=O) groups excluding carboxylic acids is 1. The molecular formula is C25H30Cl2N4O2. The standard InChI is InChI=1S/C25H30Cl2N4O2/c26-20-6-5-18(12-21(20)27)13-24(32)31-11-10-30(15-19-4-3-7-28-14-19)23-17-33-16-22(25(23)31)29-8-1-2-9-29/h3-7,12,14,22-23,25H,1-2,8-11,13,15-17H2/t22?,23?,25-/m1/s1. The molecule has 3 saturated heterocycles. The zero-order valence-electron chi connectivity index (χ0n) is 18.7. The van der Waals surface area contributed by atoms with Crippen LogP contribution in [0.25, 0.3) is 0 Å². The Morgan fingerprint density at radius 3 is 2.58 bits per heavy atom. The summed E-state index contributed by atoms with van der Waals surface area (Å²) in [6, 6.07) is 10.1. The quantitative estimate of drug-likeness (QED) is 0.644. The van der Waals surface area contributed by atoms with E-state index in [1.807, 2.05) is 18.3 Å². The van der Waals surface area contributed by atoms with E-state index in [9.17, 15) is 4.79 Å². The van der Waals surface area contributed by atoms with Gasteiger partial charge < -0.3 is 9.64 Å². The van der Waals surface area contributed by atoms with E-state index in [-0.39, 0.29) is 24.0 Å². The lowest BCUT2D eigenvalue weighted by Gasteiger charge is -2.54. The lowest BCUT2D eigenvalue weighted by Crippen LogP contribution is -2.71. The predicted molar refractivity (Wildman–Crippen MR) is 130 cm³/mol. The Morgan fingerprint density at radius 1 is 1.00 bits per heavy atom. The SMILES string of the molecule is O=C(Cc1ccc(Cl)c(Cl)c1)N1CCN(Cc2cccnc2)C2COCC(N3CCCC3)[C@H]21. The number of piperazine rings is 1. The highest BCUT2D eigenvalue weighted by Crippen LogP contribution is 2.31. The maximum absolute atomic E-state index is 13.6. The maximum Gasteiger partial charge on any atom is 0.227 e. The Balaban J connectivity index is 1.39. The van der Waals surface area contributed by atoms with Gasteiger partial charge in [-0.15, -0.1) is 0 Å². The van der Waals surface area contributed by atoms with E-state index in [1.54, 1.807) is 18.3 Å². The van der Waals surface area contributed by atoms with Crippen LogP contribution in [-0.4, -0.2) is 83.1 Å². The predicted octanol–water partition coefficient (Wildman–Crippen LogP) is 3.51. The summed E-state index contributed by atoms with van der Waals surface area (Å²) in [7, 11) is 0.